The number of carbonyl (C=O) groups excluding carboxylic acids is 1. The number of aromatic nitrogens is 3. The second-order valence-corrected chi connectivity index (χ2v) is 9.42. The Hall–Kier alpha value is -3.41. The highest BCUT2D eigenvalue weighted by Gasteiger charge is 2.21. The number of rotatable bonds is 5. The Balaban J connectivity index is 1.51. The first-order chi connectivity index (χ1) is 16.0. The van der Waals surface area contributed by atoms with Crippen LogP contribution in [0.3, 0.4) is 0 Å². The summed E-state index contributed by atoms with van der Waals surface area (Å²) in [5, 5.41) is 9.30. The molecule has 1 saturated carbocycles. The van der Waals surface area contributed by atoms with Gasteiger partial charge in [-0.1, -0.05) is 49.4 Å². The molecule has 0 aliphatic heterocycles. The maximum Gasteiger partial charge on any atom is 0.291 e. The Labute approximate surface area is 193 Å². The van der Waals surface area contributed by atoms with Crippen LogP contribution in [0.1, 0.15) is 43.7 Å². The van der Waals surface area contributed by atoms with Gasteiger partial charge in [0, 0.05) is 28.9 Å². The average molecular weight is 443 g/mol. The number of fused-ring (bicyclic) bond motifs is 3. The van der Waals surface area contributed by atoms with Gasteiger partial charge in [0.2, 0.25) is 5.91 Å². The molecule has 33 heavy (non-hydrogen) atoms. The summed E-state index contributed by atoms with van der Waals surface area (Å²) in [6, 6.07) is 16.4. The van der Waals surface area contributed by atoms with E-state index in [0.717, 1.165) is 53.5 Å². The van der Waals surface area contributed by atoms with E-state index >= 15 is 0 Å². The molecule has 4 aromatic rings. The Bertz CT molecular complexity index is 1380. The van der Waals surface area contributed by atoms with Crippen LogP contribution >= 0.6 is 0 Å². The molecule has 1 aliphatic rings. The summed E-state index contributed by atoms with van der Waals surface area (Å²) < 4.78 is 3.37. The molecule has 0 radical (unpaired) electrons. The van der Waals surface area contributed by atoms with Gasteiger partial charge in [0.25, 0.3) is 5.56 Å². The quantitative estimate of drug-likeness (QED) is 0.498. The lowest BCUT2D eigenvalue weighted by Gasteiger charge is -2.26. The number of nitrogens with zero attached hydrogens (tertiary/aromatic N) is 3. The van der Waals surface area contributed by atoms with Gasteiger partial charge in [0.15, 0.2) is 0 Å². The monoisotopic (exact) mass is 442 g/mol. The van der Waals surface area contributed by atoms with Gasteiger partial charge in [-0.25, -0.2) is 4.68 Å². The van der Waals surface area contributed by atoms with E-state index < -0.39 is 0 Å². The van der Waals surface area contributed by atoms with Crippen LogP contribution < -0.4 is 10.9 Å². The van der Waals surface area contributed by atoms with Crippen molar-refractivity contribution in [2.45, 2.75) is 58.7 Å². The van der Waals surface area contributed by atoms with Crippen LogP contribution in [0.5, 0.6) is 0 Å². The van der Waals surface area contributed by atoms with E-state index in [9.17, 15) is 9.59 Å². The van der Waals surface area contributed by atoms with Crippen LogP contribution in [0.2, 0.25) is 0 Å². The number of para-hydroxylation sites is 1. The van der Waals surface area contributed by atoms with Gasteiger partial charge in [-0.05, 0) is 55.7 Å². The number of benzene rings is 2. The normalized spacial score (nSPS) is 18.6. The molecule has 1 N–H and O–H groups in total. The fraction of sp³-hybridized carbons (Fsp3) is 0.370. The molecule has 1 aliphatic carbocycles. The molecule has 0 saturated heterocycles. The van der Waals surface area contributed by atoms with Gasteiger partial charge >= 0.3 is 0 Å². The zero-order valence-corrected chi connectivity index (χ0v) is 19.3. The molecule has 5 rings (SSSR count). The first kappa shape index (κ1) is 21.4. The Morgan fingerprint density at radius 3 is 2.55 bits per heavy atom. The van der Waals surface area contributed by atoms with Crippen LogP contribution in [-0.2, 0) is 17.9 Å². The third-order valence-electron chi connectivity index (χ3n) is 7.04. The van der Waals surface area contributed by atoms with Gasteiger partial charge in [0.1, 0.15) is 12.1 Å². The van der Waals surface area contributed by atoms with Crippen molar-refractivity contribution >= 4 is 27.7 Å². The summed E-state index contributed by atoms with van der Waals surface area (Å²) in [6.07, 6.45) is 5.99. The summed E-state index contributed by atoms with van der Waals surface area (Å²) in [5.74, 6) is 0.574. The lowest BCUT2D eigenvalue weighted by atomic mass is 9.87. The summed E-state index contributed by atoms with van der Waals surface area (Å²) >= 11 is 0. The van der Waals surface area contributed by atoms with Crippen LogP contribution in [0.15, 0.2) is 59.5 Å². The van der Waals surface area contributed by atoms with Gasteiger partial charge in [0.05, 0.1) is 6.20 Å². The van der Waals surface area contributed by atoms with Crippen LogP contribution in [0.4, 0.5) is 0 Å². The van der Waals surface area contributed by atoms with E-state index in [4.69, 9.17) is 0 Å². The maximum absolute atomic E-state index is 13.6. The highest BCUT2D eigenvalue weighted by atomic mass is 16.2. The third kappa shape index (κ3) is 4.17. The molecule has 0 bridgehead atoms. The number of hydrogen-bond acceptors (Lipinski definition) is 3. The minimum atomic E-state index is -0.232. The molecule has 2 aromatic heterocycles. The van der Waals surface area contributed by atoms with Crippen LogP contribution in [-0.4, -0.2) is 26.3 Å². The first-order valence-electron chi connectivity index (χ1n) is 11.8. The minimum absolute atomic E-state index is 0.0628. The zero-order valence-electron chi connectivity index (χ0n) is 19.3. The Morgan fingerprint density at radius 2 is 1.76 bits per heavy atom. The topological polar surface area (TPSA) is 68.9 Å². The van der Waals surface area contributed by atoms with E-state index in [1.807, 2.05) is 36.4 Å². The van der Waals surface area contributed by atoms with Crippen molar-refractivity contribution in [2.75, 3.05) is 0 Å². The molecule has 170 valence electrons. The van der Waals surface area contributed by atoms with Crippen molar-refractivity contribution in [1.29, 1.82) is 0 Å². The van der Waals surface area contributed by atoms with Crippen molar-refractivity contribution in [3.8, 4) is 0 Å². The number of nitrogens with one attached hydrogen (secondary N) is 1. The van der Waals surface area contributed by atoms with E-state index in [2.05, 4.69) is 41.0 Å². The second-order valence-electron chi connectivity index (χ2n) is 9.42. The highest BCUT2D eigenvalue weighted by Crippen LogP contribution is 2.28. The molecule has 0 unspecified atom stereocenters. The summed E-state index contributed by atoms with van der Waals surface area (Å²) in [5.41, 5.74) is 3.69. The van der Waals surface area contributed by atoms with Gasteiger partial charge in [-0.3, -0.25) is 9.59 Å². The molecule has 2 heterocycles. The third-order valence-corrected chi connectivity index (χ3v) is 7.04. The molecule has 1 amide bonds. The SMILES string of the molecule is Cc1ccccc1Cn1c2ccccc2c2cnn(CC(=O)NC3CCC(C)CC3)c(=O)c21. The maximum atomic E-state index is 13.6. The van der Waals surface area contributed by atoms with Crippen LogP contribution in [0.25, 0.3) is 21.8 Å². The number of carbonyl (C=O) groups is 1. The molecule has 6 nitrogen and oxygen atoms in total. The standard InChI is InChI=1S/C27H30N4O2/c1-18-11-13-21(14-12-18)29-25(32)17-31-27(33)26-23(15-28-31)22-9-5-6-10-24(22)30(26)16-20-8-4-3-7-19(20)2/h3-10,15,18,21H,11-14,16-17H2,1-2H3,(H,29,32). The van der Waals surface area contributed by atoms with Gasteiger partial charge in [-0.2, -0.15) is 5.10 Å². The van der Waals surface area contributed by atoms with Crippen molar-refractivity contribution in [3.05, 3.63) is 76.2 Å². The fourth-order valence-electron chi connectivity index (χ4n) is 5.04. The van der Waals surface area contributed by atoms with E-state index in [0.29, 0.717) is 12.1 Å². The fourth-order valence-corrected chi connectivity index (χ4v) is 5.04. The van der Waals surface area contributed by atoms with E-state index in [1.54, 1.807) is 6.20 Å². The molecule has 0 spiro atoms. The molecule has 1 fully saturated rings. The van der Waals surface area contributed by atoms with E-state index in [1.165, 1.54) is 10.2 Å². The number of amides is 1. The molecular formula is C27H30N4O2. The molecule has 6 heteroatoms. The Kier molecular flexibility index (Phi) is 5.75. The number of aryl methyl sites for hydroxylation is 1. The predicted octanol–water partition coefficient (Wildman–Crippen LogP) is 4.40. The highest BCUT2D eigenvalue weighted by molar-refractivity contribution is 6.07. The number of hydrogen-bond donors (Lipinski definition) is 1. The van der Waals surface area contributed by atoms with Gasteiger partial charge < -0.3 is 9.88 Å². The summed E-state index contributed by atoms with van der Waals surface area (Å²) in [6.45, 7) is 4.86. The van der Waals surface area contributed by atoms with Gasteiger partial charge in [-0.15, -0.1) is 0 Å². The average Bonchev–Trinajstić information content (AvgIpc) is 3.13. The smallest absolute Gasteiger partial charge is 0.291 e. The van der Waals surface area contributed by atoms with E-state index in [-0.39, 0.29) is 24.1 Å². The van der Waals surface area contributed by atoms with Crippen molar-refractivity contribution in [2.24, 2.45) is 5.92 Å². The lowest BCUT2D eigenvalue weighted by molar-refractivity contribution is -0.122. The zero-order chi connectivity index (χ0) is 22.9. The minimum Gasteiger partial charge on any atom is -0.352 e. The molecule has 2 aromatic carbocycles. The van der Waals surface area contributed by atoms with Crippen LogP contribution in [0, 0.1) is 12.8 Å². The summed E-state index contributed by atoms with van der Waals surface area (Å²) in [7, 11) is 0. The lowest BCUT2D eigenvalue weighted by Crippen LogP contribution is -2.41. The largest absolute Gasteiger partial charge is 0.352 e. The molecular weight excluding hydrogens is 412 g/mol. The van der Waals surface area contributed by atoms with Crippen molar-refractivity contribution < 1.29 is 4.79 Å². The first-order valence-corrected chi connectivity index (χ1v) is 11.8. The summed E-state index contributed by atoms with van der Waals surface area (Å²) in [4.78, 5) is 26.3. The van der Waals surface area contributed by atoms with Crippen molar-refractivity contribution in [1.82, 2.24) is 19.7 Å². The Morgan fingerprint density at radius 1 is 1.03 bits per heavy atom. The second kappa shape index (κ2) is 8.85. The predicted molar refractivity (Wildman–Crippen MR) is 131 cm³/mol. The van der Waals surface area contributed by atoms with Crippen molar-refractivity contribution in [3.63, 3.8) is 0 Å². The molecule has 0 atom stereocenters.